The molecule has 0 unspecified atom stereocenters. The summed E-state index contributed by atoms with van der Waals surface area (Å²) in [6.45, 7) is 2.76. The summed E-state index contributed by atoms with van der Waals surface area (Å²) in [5.41, 5.74) is 1.04. The Balaban J connectivity index is 2.06. The van der Waals surface area contributed by atoms with Gasteiger partial charge >= 0.3 is 5.69 Å². The van der Waals surface area contributed by atoms with Gasteiger partial charge < -0.3 is 4.98 Å². The number of hydrogen-bond donors (Lipinski definition) is 1. The number of nitrogens with one attached hydrogen (secondary N) is 1. The number of rotatable bonds is 5. The van der Waals surface area contributed by atoms with Crippen molar-refractivity contribution in [1.82, 2.24) is 24.1 Å². The molecule has 0 saturated carbocycles. The van der Waals surface area contributed by atoms with Crippen LogP contribution in [-0.2, 0) is 19.5 Å². The lowest BCUT2D eigenvalue weighted by Crippen LogP contribution is -2.40. The third-order valence-corrected chi connectivity index (χ3v) is 3.56. The second kappa shape index (κ2) is 5.97. The number of hydrogen-bond acceptors (Lipinski definition) is 4. The first kappa shape index (κ1) is 14.2. The Labute approximate surface area is 126 Å². The van der Waals surface area contributed by atoms with E-state index < -0.39 is 0 Å². The van der Waals surface area contributed by atoms with Crippen molar-refractivity contribution in [1.29, 1.82) is 0 Å². The normalized spacial score (nSPS) is 11.1. The van der Waals surface area contributed by atoms with Crippen LogP contribution in [0.1, 0.15) is 19.0 Å². The third-order valence-electron chi connectivity index (χ3n) is 3.56. The van der Waals surface area contributed by atoms with Crippen LogP contribution in [0.4, 0.5) is 0 Å². The van der Waals surface area contributed by atoms with Crippen LogP contribution in [0.2, 0.25) is 0 Å². The summed E-state index contributed by atoms with van der Waals surface area (Å²) in [4.78, 5) is 36.1. The molecule has 7 nitrogen and oxygen atoms in total. The second-order valence-electron chi connectivity index (χ2n) is 5.06. The highest BCUT2D eigenvalue weighted by atomic mass is 16.2. The summed E-state index contributed by atoms with van der Waals surface area (Å²) in [6, 6.07) is 5.67. The third kappa shape index (κ3) is 2.45. The zero-order chi connectivity index (χ0) is 15.5. The Morgan fingerprint density at radius 2 is 2.00 bits per heavy atom. The van der Waals surface area contributed by atoms with Crippen LogP contribution in [-0.4, -0.2) is 24.1 Å². The molecule has 7 heteroatoms. The van der Waals surface area contributed by atoms with Gasteiger partial charge in [-0.1, -0.05) is 13.0 Å². The molecule has 0 spiro atoms. The zero-order valence-corrected chi connectivity index (χ0v) is 12.3. The van der Waals surface area contributed by atoms with Gasteiger partial charge in [-0.25, -0.2) is 9.78 Å². The molecule has 0 aromatic carbocycles. The van der Waals surface area contributed by atoms with Crippen LogP contribution in [0.3, 0.4) is 0 Å². The molecular weight excluding hydrogens is 282 g/mol. The molecule has 3 aromatic rings. The topological polar surface area (TPSA) is 85.6 Å². The van der Waals surface area contributed by atoms with Crippen molar-refractivity contribution in [3.63, 3.8) is 0 Å². The van der Waals surface area contributed by atoms with Crippen molar-refractivity contribution in [2.75, 3.05) is 0 Å². The van der Waals surface area contributed by atoms with Crippen molar-refractivity contribution in [2.24, 2.45) is 0 Å². The van der Waals surface area contributed by atoms with Gasteiger partial charge in [0.05, 0.1) is 6.33 Å². The SMILES string of the molecule is CCCn1c(=O)c2[nH]cnc2n(CCc2ccccn2)c1=O. The molecule has 0 bridgehead atoms. The predicted octanol–water partition coefficient (Wildman–Crippen LogP) is 0.934. The van der Waals surface area contributed by atoms with Gasteiger partial charge in [-0.05, 0) is 18.6 Å². The molecule has 0 aliphatic rings. The van der Waals surface area contributed by atoms with Crippen LogP contribution >= 0.6 is 0 Å². The molecule has 3 aromatic heterocycles. The van der Waals surface area contributed by atoms with Crippen molar-refractivity contribution in [3.05, 3.63) is 57.3 Å². The Bertz CT molecular complexity index is 892. The first-order valence-corrected chi connectivity index (χ1v) is 7.29. The number of aromatic nitrogens is 5. The minimum Gasteiger partial charge on any atom is -0.339 e. The zero-order valence-electron chi connectivity index (χ0n) is 12.3. The fourth-order valence-electron chi connectivity index (χ4n) is 2.50. The van der Waals surface area contributed by atoms with Gasteiger partial charge in [0, 0.05) is 31.4 Å². The van der Waals surface area contributed by atoms with E-state index in [4.69, 9.17) is 0 Å². The van der Waals surface area contributed by atoms with E-state index in [1.54, 1.807) is 6.20 Å². The van der Waals surface area contributed by atoms with E-state index in [-0.39, 0.29) is 11.2 Å². The van der Waals surface area contributed by atoms with Crippen LogP contribution < -0.4 is 11.2 Å². The maximum Gasteiger partial charge on any atom is 0.332 e. The molecule has 0 radical (unpaired) electrons. The van der Waals surface area contributed by atoms with Crippen molar-refractivity contribution < 1.29 is 0 Å². The fraction of sp³-hybridized carbons (Fsp3) is 0.333. The summed E-state index contributed by atoms with van der Waals surface area (Å²) in [5.74, 6) is 0. The average Bonchev–Trinajstić information content (AvgIpc) is 3.02. The van der Waals surface area contributed by atoms with Gasteiger partial charge in [0.1, 0.15) is 5.52 Å². The van der Waals surface area contributed by atoms with E-state index in [9.17, 15) is 9.59 Å². The molecule has 0 aliphatic carbocycles. The minimum atomic E-state index is -0.317. The van der Waals surface area contributed by atoms with Gasteiger partial charge in [-0.15, -0.1) is 0 Å². The molecule has 3 rings (SSSR count). The standard InChI is InChI=1S/C15H17N5O2/c1-2-8-20-14(21)12-13(18-10-17-12)19(15(20)22)9-6-11-5-3-4-7-16-11/h3-5,7,10H,2,6,8-9H2,1H3,(H,17,18). The number of aryl methyl sites for hydroxylation is 2. The highest BCUT2D eigenvalue weighted by Crippen LogP contribution is 2.04. The molecular formula is C15H17N5O2. The highest BCUT2D eigenvalue weighted by Gasteiger charge is 2.14. The lowest BCUT2D eigenvalue weighted by Gasteiger charge is -2.10. The Hall–Kier alpha value is -2.70. The van der Waals surface area contributed by atoms with Crippen LogP contribution in [0, 0.1) is 0 Å². The van der Waals surface area contributed by atoms with E-state index in [2.05, 4.69) is 15.0 Å². The van der Waals surface area contributed by atoms with Gasteiger partial charge in [-0.3, -0.25) is 18.9 Å². The summed E-state index contributed by atoms with van der Waals surface area (Å²) in [5, 5.41) is 0. The van der Waals surface area contributed by atoms with Crippen molar-refractivity contribution in [3.8, 4) is 0 Å². The number of imidazole rings is 1. The molecule has 22 heavy (non-hydrogen) atoms. The largest absolute Gasteiger partial charge is 0.339 e. The van der Waals surface area contributed by atoms with E-state index in [0.717, 1.165) is 12.1 Å². The summed E-state index contributed by atoms with van der Waals surface area (Å²) >= 11 is 0. The monoisotopic (exact) mass is 299 g/mol. The highest BCUT2D eigenvalue weighted by molar-refractivity contribution is 5.68. The van der Waals surface area contributed by atoms with Crippen LogP contribution in [0.15, 0.2) is 40.3 Å². The van der Waals surface area contributed by atoms with Gasteiger partial charge in [0.2, 0.25) is 0 Å². The molecule has 0 amide bonds. The number of H-pyrrole nitrogens is 1. The molecule has 1 N–H and O–H groups in total. The molecule has 0 saturated heterocycles. The van der Waals surface area contributed by atoms with Crippen LogP contribution in [0.25, 0.3) is 11.2 Å². The van der Waals surface area contributed by atoms with E-state index >= 15 is 0 Å². The molecule has 0 aliphatic heterocycles. The number of pyridine rings is 1. The maximum absolute atomic E-state index is 12.6. The first-order valence-electron chi connectivity index (χ1n) is 7.29. The summed E-state index contributed by atoms with van der Waals surface area (Å²) in [6.07, 6.45) is 4.49. The Morgan fingerprint density at radius 1 is 1.14 bits per heavy atom. The summed E-state index contributed by atoms with van der Waals surface area (Å²) < 4.78 is 2.80. The number of nitrogens with zero attached hydrogens (tertiary/aromatic N) is 4. The van der Waals surface area contributed by atoms with Gasteiger partial charge in [0.15, 0.2) is 5.65 Å². The predicted molar refractivity (Wildman–Crippen MR) is 82.8 cm³/mol. The number of fused-ring (bicyclic) bond motifs is 1. The lowest BCUT2D eigenvalue weighted by molar-refractivity contribution is 0.558. The average molecular weight is 299 g/mol. The maximum atomic E-state index is 12.6. The Morgan fingerprint density at radius 3 is 2.73 bits per heavy atom. The van der Waals surface area contributed by atoms with Gasteiger partial charge in [-0.2, -0.15) is 0 Å². The molecule has 0 atom stereocenters. The van der Waals surface area contributed by atoms with Crippen molar-refractivity contribution >= 4 is 11.2 Å². The smallest absolute Gasteiger partial charge is 0.332 e. The lowest BCUT2D eigenvalue weighted by atomic mass is 10.2. The quantitative estimate of drug-likeness (QED) is 0.759. The Kier molecular flexibility index (Phi) is 3.86. The minimum absolute atomic E-state index is 0.312. The second-order valence-corrected chi connectivity index (χ2v) is 5.06. The van der Waals surface area contributed by atoms with Gasteiger partial charge in [0.25, 0.3) is 5.56 Å². The van der Waals surface area contributed by atoms with Crippen molar-refractivity contribution in [2.45, 2.75) is 32.9 Å². The molecule has 0 fully saturated rings. The molecule has 3 heterocycles. The fourth-order valence-corrected chi connectivity index (χ4v) is 2.50. The van der Waals surface area contributed by atoms with E-state index in [0.29, 0.717) is 30.7 Å². The summed E-state index contributed by atoms with van der Waals surface area (Å²) in [7, 11) is 0. The molecule has 114 valence electrons. The number of aromatic amines is 1. The van der Waals surface area contributed by atoms with E-state index in [1.165, 1.54) is 15.5 Å². The first-order chi connectivity index (χ1) is 10.7. The van der Waals surface area contributed by atoms with E-state index in [1.807, 2.05) is 25.1 Å². The van der Waals surface area contributed by atoms with Crippen LogP contribution in [0.5, 0.6) is 0 Å².